The minimum atomic E-state index is 0.562. The summed E-state index contributed by atoms with van der Waals surface area (Å²) in [6.45, 7) is 1.26. The summed E-state index contributed by atoms with van der Waals surface area (Å²) in [4.78, 5) is 6.75. The van der Waals surface area contributed by atoms with Crippen molar-refractivity contribution in [3.05, 3.63) is 120 Å². The van der Waals surface area contributed by atoms with Gasteiger partial charge in [0.05, 0.1) is 17.9 Å². The fourth-order valence-corrected chi connectivity index (χ4v) is 3.86. The second-order valence-electron chi connectivity index (χ2n) is 8.09. The van der Waals surface area contributed by atoms with Gasteiger partial charge in [0, 0.05) is 30.3 Å². The van der Waals surface area contributed by atoms with Crippen LogP contribution >= 0.6 is 0 Å². The number of hydrogen-bond acceptors (Lipinski definition) is 5. The van der Waals surface area contributed by atoms with Crippen molar-refractivity contribution in [2.75, 3.05) is 7.05 Å². The van der Waals surface area contributed by atoms with Crippen molar-refractivity contribution < 1.29 is 4.52 Å². The molecule has 164 valence electrons. The van der Waals surface area contributed by atoms with Gasteiger partial charge in [-0.15, -0.1) is 0 Å². The molecule has 0 aliphatic rings. The number of para-hydroxylation sites is 1. The van der Waals surface area contributed by atoms with Gasteiger partial charge in [-0.1, -0.05) is 84.0 Å². The summed E-state index contributed by atoms with van der Waals surface area (Å²) in [5.74, 6) is 1.31. The first kappa shape index (κ1) is 20.8. The molecule has 0 radical (unpaired) electrons. The molecule has 0 atom stereocenters. The molecule has 33 heavy (non-hydrogen) atoms. The van der Waals surface area contributed by atoms with Gasteiger partial charge in [0.2, 0.25) is 5.89 Å². The molecule has 0 spiro atoms. The molecule has 0 unspecified atom stereocenters. The lowest BCUT2D eigenvalue weighted by Crippen LogP contribution is -2.17. The van der Waals surface area contributed by atoms with Crippen LogP contribution in [0.5, 0.6) is 0 Å². The third-order valence-electron chi connectivity index (χ3n) is 5.42. The summed E-state index contributed by atoms with van der Waals surface area (Å²) in [5.41, 5.74) is 5.40. The molecule has 0 saturated heterocycles. The molecule has 6 heteroatoms. The van der Waals surface area contributed by atoms with Gasteiger partial charge >= 0.3 is 0 Å². The molecule has 3 aromatic carbocycles. The summed E-state index contributed by atoms with van der Waals surface area (Å²) < 4.78 is 7.45. The second kappa shape index (κ2) is 9.63. The van der Waals surface area contributed by atoms with Crippen LogP contribution in [-0.4, -0.2) is 31.9 Å². The quantitative estimate of drug-likeness (QED) is 0.338. The lowest BCUT2D eigenvalue weighted by molar-refractivity contribution is 0.260. The Balaban J connectivity index is 1.33. The van der Waals surface area contributed by atoms with Gasteiger partial charge in [-0.05, 0) is 24.7 Å². The summed E-state index contributed by atoms with van der Waals surface area (Å²) in [7, 11) is 2.05. The number of hydrogen-bond donors (Lipinski definition) is 0. The Hall–Kier alpha value is -4.03. The Morgan fingerprint density at radius 1 is 0.818 bits per heavy atom. The van der Waals surface area contributed by atoms with Crippen LogP contribution in [0.25, 0.3) is 16.9 Å². The van der Waals surface area contributed by atoms with E-state index in [0.717, 1.165) is 22.5 Å². The fourth-order valence-electron chi connectivity index (χ4n) is 3.86. The molecule has 5 rings (SSSR count). The fraction of sp³-hybridized carbons (Fsp3) is 0.148. The van der Waals surface area contributed by atoms with Crippen molar-refractivity contribution in [1.82, 2.24) is 24.8 Å². The lowest BCUT2D eigenvalue weighted by atomic mass is 10.1. The van der Waals surface area contributed by atoms with Crippen molar-refractivity contribution in [1.29, 1.82) is 0 Å². The van der Waals surface area contributed by atoms with Gasteiger partial charge in [0.25, 0.3) is 0 Å². The standard InChI is InChI=1S/C27H25N5O/c1-31(20-26-28-25(30-33-26)17-21-11-5-2-6-12-21)18-23-19-32(24-15-9-4-10-16-24)29-27(23)22-13-7-3-8-14-22/h2-16,19H,17-18,20H2,1H3. The third-order valence-corrected chi connectivity index (χ3v) is 5.42. The average molecular weight is 436 g/mol. The van der Waals surface area contributed by atoms with Crippen LogP contribution in [0.3, 0.4) is 0 Å². The molecule has 0 bridgehead atoms. The number of aromatic nitrogens is 4. The Morgan fingerprint density at radius 3 is 2.21 bits per heavy atom. The van der Waals surface area contributed by atoms with Gasteiger partial charge in [0.1, 0.15) is 0 Å². The van der Waals surface area contributed by atoms with E-state index >= 15 is 0 Å². The zero-order chi connectivity index (χ0) is 22.5. The molecule has 0 aliphatic carbocycles. The monoisotopic (exact) mass is 435 g/mol. The van der Waals surface area contributed by atoms with E-state index in [1.54, 1.807) is 0 Å². The van der Waals surface area contributed by atoms with Gasteiger partial charge in [-0.2, -0.15) is 10.1 Å². The van der Waals surface area contributed by atoms with Gasteiger partial charge in [0.15, 0.2) is 5.82 Å². The van der Waals surface area contributed by atoms with Crippen LogP contribution in [0.1, 0.15) is 22.8 Å². The molecule has 2 heterocycles. The maximum absolute atomic E-state index is 5.51. The number of nitrogens with zero attached hydrogens (tertiary/aromatic N) is 5. The van der Waals surface area contributed by atoms with E-state index in [9.17, 15) is 0 Å². The van der Waals surface area contributed by atoms with Crippen molar-refractivity contribution in [3.63, 3.8) is 0 Å². The molecule has 6 nitrogen and oxygen atoms in total. The highest BCUT2D eigenvalue weighted by atomic mass is 16.5. The SMILES string of the molecule is CN(Cc1nc(Cc2ccccc2)no1)Cc1cn(-c2ccccc2)nc1-c1ccccc1. The van der Waals surface area contributed by atoms with Crippen molar-refractivity contribution >= 4 is 0 Å². The predicted octanol–water partition coefficient (Wildman–Crippen LogP) is 5.15. The third kappa shape index (κ3) is 5.07. The van der Waals surface area contributed by atoms with E-state index in [4.69, 9.17) is 9.62 Å². The largest absolute Gasteiger partial charge is 0.338 e. The van der Waals surface area contributed by atoms with Gasteiger partial charge < -0.3 is 4.52 Å². The normalized spacial score (nSPS) is 11.2. The van der Waals surface area contributed by atoms with Crippen LogP contribution in [0.4, 0.5) is 0 Å². The van der Waals surface area contributed by atoms with Crippen LogP contribution in [-0.2, 0) is 19.5 Å². The second-order valence-corrected chi connectivity index (χ2v) is 8.09. The predicted molar refractivity (Wildman–Crippen MR) is 128 cm³/mol. The van der Waals surface area contributed by atoms with Crippen molar-refractivity contribution in [2.24, 2.45) is 0 Å². The first-order valence-electron chi connectivity index (χ1n) is 11.0. The van der Waals surface area contributed by atoms with E-state index in [-0.39, 0.29) is 0 Å². The summed E-state index contributed by atoms with van der Waals surface area (Å²) in [6.07, 6.45) is 2.76. The minimum Gasteiger partial charge on any atom is -0.338 e. The van der Waals surface area contributed by atoms with E-state index in [0.29, 0.717) is 31.2 Å². The molecule has 2 aromatic heterocycles. The summed E-state index contributed by atoms with van der Waals surface area (Å²) in [5, 5.41) is 9.05. The molecular formula is C27H25N5O. The van der Waals surface area contributed by atoms with Gasteiger partial charge in [-0.3, -0.25) is 4.90 Å². The molecule has 0 saturated carbocycles. The first-order chi connectivity index (χ1) is 16.2. The van der Waals surface area contributed by atoms with E-state index in [2.05, 4.69) is 64.7 Å². The zero-order valence-electron chi connectivity index (χ0n) is 18.5. The first-order valence-corrected chi connectivity index (χ1v) is 11.0. The lowest BCUT2D eigenvalue weighted by Gasteiger charge is -2.14. The summed E-state index contributed by atoms with van der Waals surface area (Å²) >= 11 is 0. The maximum atomic E-state index is 5.51. The Bertz CT molecular complexity index is 1300. The van der Waals surface area contributed by atoms with E-state index in [1.165, 1.54) is 5.56 Å². The summed E-state index contributed by atoms with van der Waals surface area (Å²) in [6, 6.07) is 30.6. The van der Waals surface area contributed by atoms with Crippen molar-refractivity contribution in [3.8, 4) is 16.9 Å². The van der Waals surface area contributed by atoms with E-state index in [1.807, 2.05) is 59.3 Å². The Kier molecular flexibility index (Phi) is 6.08. The molecule has 0 N–H and O–H groups in total. The number of benzene rings is 3. The highest BCUT2D eigenvalue weighted by Gasteiger charge is 2.16. The van der Waals surface area contributed by atoms with E-state index < -0.39 is 0 Å². The average Bonchev–Trinajstić information content (AvgIpc) is 3.47. The maximum Gasteiger partial charge on any atom is 0.240 e. The molecule has 0 fully saturated rings. The molecule has 0 amide bonds. The van der Waals surface area contributed by atoms with Gasteiger partial charge in [-0.25, -0.2) is 4.68 Å². The van der Waals surface area contributed by atoms with Crippen LogP contribution in [0.15, 0.2) is 102 Å². The smallest absolute Gasteiger partial charge is 0.240 e. The highest BCUT2D eigenvalue weighted by Crippen LogP contribution is 2.25. The number of rotatable bonds is 8. The van der Waals surface area contributed by atoms with Crippen LogP contribution < -0.4 is 0 Å². The molecular weight excluding hydrogens is 410 g/mol. The Morgan fingerprint density at radius 2 is 1.48 bits per heavy atom. The minimum absolute atomic E-state index is 0.562. The topological polar surface area (TPSA) is 60.0 Å². The van der Waals surface area contributed by atoms with Crippen molar-refractivity contribution in [2.45, 2.75) is 19.5 Å². The highest BCUT2D eigenvalue weighted by molar-refractivity contribution is 5.63. The van der Waals surface area contributed by atoms with Crippen LogP contribution in [0, 0.1) is 0 Å². The molecule has 5 aromatic rings. The Labute approximate surface area is 193 Å². The zero-order valence-corrected chi connectivity index (χ0v) is 18.5. The molecule has 0 aliphatic heterocycles. The van der Waals surface area contributed by atoms with Crippen LogP contribution in [0.2, 0.25) is 0 Å².